The molecular weight excluding hydrogens is 273 g/mol. The maximum atomic E-state index is 13.7. The lowest BCUT2D eigenvalue weighted by Gasteiger charge is -2.17. The van der Waals surface area contributed by atoms with Gasteiger partial charge in [0.15, 0.2) is 11.5 Å². The number of carbonyl (C=O) groups excluding carboxylic acids is 1. The zero-order valence-corrected chi connectivity index (χ0v) is 11.8. The Bertz CT molecular complexity index is 661. The van der Waals surface area contributed by atoms with Crippen molar-refractivity contribution < 1.29 is 13.9 Å². The van der Waals surface area contributed by atoms with Crippen LogP contribution in [0.3, 0.4) is 0 Å². The van der Waals surface area contributed by atoms with E-state index in [-0.39, 0.29) is 17.6 Å². The number of esters is 1. The molecule has 0 aliphatic carbocycles. The lowest BCUT2D eigenvalue weighted by atomic mass is 10.1. The first-order valence-electron chi connectivity index (χ1n) is 6.38. The summed E-state index contributed by atoms with van der Waals surface area (Å²) in [6.45, 7) is 1.78. The lowest BCUT2D eigenvalue weighted by molar-refractivity contribution is 0.0594. The normalized spacial score (nSPS) is 11.8. The summed E-state index contributed by atoms with van der Waals surface area (Å²) >= 11 is 0. The molecule has 2 aromatic rings. The van der Waals surface area contributed by atoms with Crippen LogP contribution in [0, 0.1) is 5.82 Å². The van der Waals surface area contributed by atoms with Crippen LogP contribution in [0.2, 0.25) is 0 Å². The summed E-state index contributed by atoms with van der Waals surface area (Å²) in [7, 11) is 1.27. The summed E-state index contributed by atoms with van der Waals surface area (Å²) in [4.78, 5) is 15.6. The molecule has 1 heterocycles. The van der Waals surface area contributed by atoms with E-state index in [0.717, 1.165) is 0 Å². The molecule has 0 fully saturated rings. The lowest BCUT2D eigenvalue weighted by Crippen LogP contribution is -2.13. The number of nitrogen functional groups attached to an aromatic ring is 1. The highest BCUT2D eigenvalue weighted by Gasteiger charge is 2.14. The molecule has 1 aromatic heterocycles. The van der Waals surface area contributed by atoms with Crippen molar-refractivity contribution in [1.82, 2.24) is 4.98 Å². The van der Waals surface area contributed by atoms with Crippen LogP contribution in [0.25, 0.3) is 0 Å². The van der Waals surface area contributed by atoms with Gasteiger partial charge >= 0.3 is 5.97 Å². The van der Waals surface area contributed by atoms with Gasteiger partial charge in [-0.25, -0.2) is 14.2 Å². The number of ether oxygens (including phenoxy) is 1. The Morgan fingerprint density at radius 3 is 2.71 bits per heavy atom. The van der Waals surface area contributed by atoms with Crippen LogP contribution < -0.4 is 11.1 Å². The zero-order chi connectivity index (χ0) is 15.4. The van der Waals surface area contributed by atoms with E-state index in [0.29, 0.717) is 17.1 Å². The molecule has 0 amide bonds. The van der Waals surface area contributed by atoms with Gasteiger partial charge in [0, 0.05) is 5.56 Å². The van der Waals surface area contributed by atoms with E-state index in [9.17, 15) is 9.18 Å². The smallest absolute Gasteiger partial charge is 0.356 e. The molecule has 5 nitrogen and oxygen atoms in total. The third-order valence-corrected chi connectivity index (χ3v) is 3.05. The fourth-order valence-corrected chi connectivity index (χ4v) is 1.91. The molecule has 1 atom stereocenters. The van der Waals surface area contributed by atoms with Crippen molar-refractivity contribution in [3.05, 3.63) is 53.5 Å². The van der Waals surface area contributed by atoms with Gasteiger partial charge in [-0.05, 0) is 25.1 Å². The Kier molecular flexibility index (Phi) is 4.37. The van der Waals surface area contributed by atoms with Crippen molar-refractivity contribution >= 4 is 17.5 Å². The van der Waals surface area contributed by atoms with Crippen molar-refractivity contribution in [3.8, 4) is 0 Å². The highest BCUT2D eigenvalue weighted by molar-refractivity contribution is 5.88. The number of anilines is 2. The van der Waals surface area contributed by atoms with Gasteiger partial charge in [0.2, 0.25) is 0 Å². The summed E-state index contributed by atoms with van der Waals surface area (Å²) in [5.41, 5.74) is 6.81. The largest absolute Gasteiger partial charge is 0.464 e. The number of nitrogens with one attached hydrogen (secondary N) is 1. The Morgan fingerprint density at radius 1 is 1.33 bits per heavy atom. The number of rotatable bonds is 4. The summed E-state index contributed by atoms with van der Waals surface area (Å²) in [5.74, 6) is -0.564. The molecule has 0 saturated carbocycles. The van der Waals surface area contributed by atoms with E-state index in [1.807, 2.05) is 0 Å². The van der Waals surface area contributed by atoms with Gasteiger partial charge in [-0.2, -0.15) is 0 Å². The third-order valence-electron chi connectivity index (χ3n) is 3.05. The molecule has 6 heteroatoms. The Labute approximate surface area is 121 Å². The van der Waals surface area contributed by atoms with Crippen LogP contribution in [0.4, 0.5) is 15.9 Å². The second-order valence-electron chi connectivity index (χ2n) is 4.51. The number of methoxy groups -OCH3 is 1. The van der Waals surface area contributed by atoms with Crippen molar-refractivity contribution in [3.63, 3.8) is 0 Å². The minimum atomic E-state index is -0.559. The molecule has 0 aliphatic rings. The molecule has 0 spiro atoms. The summed E-state index contributed by atoms with van der Waals surface area (Å²) in [5, 5.41) is 3.00. The first-order chi connectivity index (χ1) is 10.0. The summed E-state index contributed by atoms with van der Waals surface area (Å²) in [6, 6.07) is 9.10. The molecule has 0 radical (unpaired) electrons. The predicted octanol–water partition coefficient (Wildman–Crippen LogP) is 2.76. The van der Waals surface area contributed by atoms with Crippen molar-refractivity contribution in [1.29, 1.82) is 0 Å². The second-order valence-corrected chi connectivity index (χ2v) is 4.51. The van der Waals surface area contributed by atoms with Gasteiger partial charge in [0.05, 0.1) is 18.8 Å². The fraction of sp³-hybridized carbons (Fsp3) is 0.200. The van der Waals surface area contributed by atoms with Gasteiger partial charge in [-0.1, -0.05) is 18.2 Å². The number of carbonyl (C=O) groups is 1. The number of hydrogen-bond donors (Lipinski definition) is 2. The molecule has 3 N–H and O–H groups in total. The Morgan fingerprint density at radius 2 is 2.05 bits per heavy atom. The van der Waals surface area contributed by atoms with Crippen molar-refractivity contribution in [2.45, 2.75) is 13.0 Å². The van der Waals surface area contributed by atoms with E-state index in [1.54, 1.807) is 31.2 Å². The number of benzene rings is 1. The topological polar surface area (TPSA) is 77.2 Å². The molecule has 110 valence electrons. The van der Waals surface area contributed by atoms with Crippen molar-refractivity contribution in [2.75, 3.05) is 18.2 Å². The van der Waals surface area contributed by atoms with Crippen LogP contribution in [0.5, 0.6) is 0 Å². The van der Waals surface area contributed by atoms with Gasteiger partial charge in [0.25, 0.3) is 0 Å². The van der Waals surface area contributed by atoms with Crippen LogP contribution in [-0.2, 0) is 4.74 Å². The van der Waals surface area contributed by atoms with Gasteiger partial charge in [-0.3, -0.25) is 0 Å². The molecular formula is C15H16FN3O2. The molecule has 1 aromatic carbocycles. The van der Waals surface area contributed by atoms with Crippen molar-refractivity contribution in [2.24, 2.45) is 0 Å². The minimum Gasteiger partial charge on any atom is -0.464 e. The quantitative estimate of drug-likeness (QED) is 0.846. The maximum Gasteiger partial charge on any atom is 0.356 e. The van der Waals surface area contributed by atoms with E-state index >= 15 is 0 Å². The van der Waals surface area contributed by atoms with Gasteiger partial charge < -0.3 is 15.8 Å². The first kappa shape index (κ1) is 14.8. The fourth-order valence-electron chi connectivity index (χ4n) is 1.91. The number of halogens is 1. The predicted molar refractivity (Wildman–Crippen MR) is 78.4 cm³/mol. The highest BCUT2D eigenvalue weighted by atomic mass is 19.1. The Hall–Kier alpha value is -2.63. The summed E-state index contributed by atoms with van der Waals surface area (Å²) in [6.07, 6.45) is 0. The second kappa shape index (κ2) is 6.21. The molecule has 2 rings (SSSR count). The maximum absolute atomic E-state index is 13.7. The highest BCUT2D eigenvalue weighted by Crippen LogP contribution is 2.24. The van der Waals surface area contributed by atoms with Crippen LogP contribution in [-0.4, -0.2) is 18.1 Å². The molecule has 0 aliphatic heterocycles. The zero-order valence-electron chi connectivity index (χ0n) is 11.8. The standard InChI is InChI=1S/C15H16FN3O2/c1-9(10-5-3-4-6-11(10)16)18-14-12(17)7-8-13(19-14)15(20)21-2/h3-9H,17H2,1-2H3,(H,18,19). The molecule has 0 saturated heterocycles. The van der Waals surface area contributed by atoms with E-state index in [1.165, 1.54) is 19.2 Å². The van der Waals surface area contributed by atoms with E-state index < -0.39 is 5.97 Å². The number of nitrogens with two attached hydrogens (primary N) is 1. The van der Waals surface area contributed by atoms with Gasteiger partial charge in [-0.15, -0.1) is 0 Å². The Balaban J connectivity index is 2.27. The van der Waals surface area contributed by atoms with Gasteiger partial charge in [0.1, 0.15) is 5.82 Å². The number of hydrogen-bond acceptors (Lipinski definition) is 5. The van der Waals surface area contributed by atoms with E-state index in [4.69, 9.17) is 5.73 Å². The average molecular weight is 289 g/mol. The summed E-state index contributed by atoms with van der Waals surface area (Å²) < 4.78 is 18.3. The first-order valence-corrected chi connectivity index (χ1v) is 6.38. The number of aromatic nitrogens is 1. The van der Waals surface area contributed by atoms with E-state index in [2.05, 4.69) is 15.0 Å². The average Bonchev–Trinajstić information content (AvgIpc) is 2.49. The molecule has 1 unspecified atom stereocenters. The molecule has 0 bridgehead atoms. The number of nitrogens with zero attached hydrogens (tertiary/aromatic N) is 1. The molecule has 21 heavy (non-hydrogen) atoms. The van der Waals surface area contributed by atoms with Crippen LogP contribution >= 0.6 is 0 Å². The van der Waals surface area contributed by atoms with Crippen LogP contribution in [0.1, 0.15) is 29.0 Å². The SMILES string of the molecule is COC(=O)c1ccc(N)c(NC(C)c2ccccc2F)n1. The number of pyridine rings is 1. The van der Waals surface area contributed by atoms with Crippen LogP contribution in [0.15, 0.2) is 36.4 Å². The minimum absolute atomic E-state index is 0.134. The monoisotopic (exact) mass is 289 g/mol. The third kappa shape index (κ3) is 3.28.